The van der Waals surface area contributed by atoms with E-state index in [1.54, 1.807) is 6.20 Å². The lowest BCUT2D eigenvalue weighted by atomic mass is 9.81. The molecule has 1 saturated heterocycles. The van der Waals surface area contributed by atoms with Crippen LogP contribution in [-0.2, 0) is 0 Å². The van der Waals surface area contributed by atoms with E-state index in [9.17, 15) is 4.79 Å². The first kappa shape index (κ1) is 17.4. The third-order valence-electron chi connectivity index (χ3n) is 4.98. The van der Waals surface area contributed by atoms with Crippen LogP contribution in [0, 0.1) is 5.41 Å². The predicted octanol–water partition coefficient (Wildman–Crippen LogP) is 2.97. The quantitative estimate of drug-likeness (QED) is 0.880. The van der Waals surface area contributed by atoms with Gasteiger partial charge in [-0.05, 0) is 55.6 Å². The van der Waals surface area contributed by atoms with Gasteiger partial charge in [0.1, 0.15) is 5.82 Å². The SMILES string of the molecule is CN(c1ccccc1)c1ccc(C(=O)NCC2(C)CCNCC2)cn1. The van der Waals surface area contributed by atoms with E-state index in [4.69, 9.17) is 0 Å². The summed E-state index contributed by atoms with van der Waals surface area (Å²) in [6, 6.07) is 13.8. The molecule has 2 aromatic rings. The lowest BCUT2D eigenvalue weighted by Gasteiger charge is -2.34. The summed E-state index contributed by atoms with van der Waals surface area (Å²) in [6.45, 7) is 4.99. The number of rotatable bonds is 5. The number of nitrogens with one attached hydrogen (secondary N) is 2. The van der Waals surface area contributed by atoms with Crippen LogP contribution in [0.3, 0.4) is 0 Å². The van der Waals surface area contributed by atoms with Gasteiger partial charge < -0.3 is 15.5 Å². The molecule has 0 unspecified atom stereocenters. The third-order valence-corrected chi connectivity index (χ3v) is 4.98. The normalized spacial score (nSPS) is 16.2. The molecular weight excluding hydrogens is 312 g/mol. The van der Waals surface area contributed by atoms with E-state index in [1.165, 1.54) is 0 Å². The number of aromatic nitrogens is 1. The van der Waals surface area contributed by atoms with Crippen molar-refractivity contribution in [1.82, 2.24) is 15.6 Å². The van der Waals surface area contributed by atoms with Crippen LogP contribution in [0.25, 0.3) is 0 Å². The van der Waals surface area contributed by atoms with E-state index in [2.05, 4.69) is 22.5 Å². The molecule has 25 heavy (non-hydrogen) atoms. The molecule has 0 spiro atoms. The molecule has 5 nitrogen and oxygen atoms in total. The van der Waals surface area contributed by atoms with Crippen molar-refractivity contribution in [1.29, 1.82) is 0 Å². The Hall–Kier alpha value is -2.40. The fourth-order valence-electron chi connectivity index (χ4n) is 3.11. The highest BCUT2D eigenvalue weighted by Crippen LogP contribution is 2.27. The summed E-state index contributed by atoms with van der Waals surface area (Å²) in [5.41, 5.74) is 1.84. The van der Waals surface area contributed by atoms with Crippen LogP contribution in [0.5, 0.6) is 0 Å². The molecule has 1 amide bonds. The second kappa shape index (κ2) is 7.66. The molecule has 0 atom stereocenters. The largest absolute Gasteiger partial charge is 0.351 e. The van der Waals surface area contributed by atoms with Crippen LogP contribution < -0.4 is 15.5 Å². The number of nitrogens with zero attached hydrogens (tertiary/aromatic N) is 2. The van der Waals surface area contributed by atoms with E-state index in [0.717, 1.165) is 37.4 Å². The molecular formula is C20H26N4O. The van der Waals surface area contributed by atoms with Gasteiger partial charge in [-0.3, -0.25) is 4.79 Å². The molecule has 2 heterocycles. The molecule has 0 aliphatic carbocycles. The van der Waals surface area contributed by atoms with Crippen molar-refractivity contribution < 1.29 is 4.79 Å². The van der Waals surface area contributed by atoms with Gasteiger partial charge >= 0.3 is 0 Å². The van der Waals surface area contributed by atoms with Crippen LogP contribution >= 0.6 is 0 Å². The molecule has 1 aliphatic rings. The van der Waals surface area contributed by atoms with Crippen LogP contribution in [0.1, 0.15) is 30.1 Å². The number of carbonyl (C=O) groups is 1. The number of hydrogen-bond donors (Lipinski definition) is 2. The third kappa shape index (κ3) is 4.37. The van der Waals surface area contributed by atoms with Gasteiger partial charge in [-0.25, -0.2) is 4.98 Å². The summed E-state index contributed by atoms with van der Waals surface area (Å²) >= 11 is 0. The van der Waals surface area contributed by atoms with Crippen LogP contribution in [0.4, 0.5) is 11.5 Å². The molecule has 132 valence electrons. The Balaban J connectivity index is 1.60. The molecule has 1 aromatic carbocycles. The smallest absolute Gasteiger partial charge is 0.252 e. The highest BCUT2D eigenvalue weighted by atomic mass is 16.1. The zero-order valence-corrected chi connectivity index (χ0v) is 15.0. The van der Waals surface area contributed by atoms with Gasteiger partial charge in [0.2, 0.25) is 0 Å². The Morgan fingerprint density at radius 2 is 1.92 bits per heavy atom. The molecule has 5 heteroatoms. The van der Waals surface area contributed by atoms with Crippen molar-refractivity contribution in [2.75, 3.05) is 31.6 Å². The first-order valence-electron chi connectivity index (χ1n) is 8.81. The number of para-hydroxylation sites is 1. The maximum Gasteiger partial charge on any atom is 0.252 e. The molecule has 3 rings (SSSR count). The van der Waals surface area contributed by atoms with Gasteiger partial charge in [0, 0.05) is 25.5 Å². The molecule has 1 aliphatic heterocycles. The minimum Gasteiger partial charge on any atom is -0.351 e. The van der Waals surface area contributed by atoms with Crippen molar-refractivity contribution in [2.45, 2.75) is 19.8 Å². The minimum absolute atomic E-state index is 0.0545. The zero-order valence-electron chi connectivity index (χ0n) is 15.0. The zero-order chi connectivity index (χ0) is 17.7. The summed E-state index contributed by atoms with van der Waals surface area (Å²) in [4.78, 5) is 18.8. The maximum absolute atomic E-state index is 12.4. The Morgan fingerprint density at radius 3 is 2.56 bits per heavy atom. The van der Waals surface area contributed by atoms with E-state index in [-0.39, 0.29) is 11.3 Å². The maximum atomic E-state index is 12.4. The fraction of sp³-hybridized carbons (Fsp3) is 0.400. The first-order valence-corrected chi connectivity index (χ1v) is 8.81. The highest BCUT2D eigenvalue weighted by molar-refractivity contribution is 5.94. The van der Waals surface area contributed by atoms with Crippen LogP contribution in [-0.4, -0.2) is 37.6 Å². The Morgan fingerprint density at radius 1 is 1.20 bits per heavy atom. The number of amides is 1. The minimum atomic E-state index is -0.0545. The van der Waals surface area contributed by atoms with Crippen LogP contribution in [0.15, 0.2) is 48.7 Å². The van der Waals surface area contributed by atoms with Crippen molar-refractivity contribution in [3.05, 3.63) is 54.2 Å². The van der Waals surface area contributed by atoms with Gasteiger partial charge in [0.25, 0.3) is 5.91 Å². The molecule has 2 N–H and O–H groups in total. The summed E-state index contributed by atoms with van der Waals surface area (Å²) in [6.07, 6.45) is 3.83. The van der Waals surface area contributed by atoms with Crippen molar-refractivity contribution in [2.24, 2.45) is 5.41 Å². The summed E-state index contributed by atoms with van der Waals surface area (Å²) in [5.74, 6) is 0.759. The Kier molecular flexibility index (Phi) is 5.34. The number of benzene rings is 1. The average Bonchev–Trinajstić information content (AvgIpc) is 2.67. The van der Waals surface area contributed by atoms with Gasteiger partial charge in [-0.1, -0.05) is 25.1 Å². The summed E-state index contributed by atoms with van der Waals surface area (Å²) in [7, 11) is 1.97. The van der Waals surface area contributed by atoms with Gasteiger partial charge in [0.05, 0.1) is 5.56 Å². The van der Waals surface area contributed by atoms with E-state index in [0.29, 0.717) is 12.1 Å². The monoisotopic (exact) mass is 338 g/mol. The standard InChI is InChI=1S/C20H26N4O/c1-20(10-12-21-13-11-20)15-23-19(25)16-8-9-18(22-14-16)24(2)17-6-4-3-5-7-17/h3-9,14,21H,10-13,15H2,1-2H3,(H,23,25). The fourth-order valence-corrected chi connectivity index (χ4v) is 3.11. The van der Waals surface area contributed by atoms with E-state index < -0.39 is 0 Å². The Labute approximate surface area is 149 Å². The topological polar surface area (TPSA) is 57.3 Å². The number of piperidine rings is 1. The van der Waals surface area contributed by atoms with Gasteiger partial charge in [0.15, 0.2) is 0 Å². The van der Waals surface area contributed by atoms with E-state index in [1.807, 2.05) is 54.4 Å². The molecule has 0 radical (unpaired) electrons. The second-order valence-electron chi connectivity index (χ2n) is 7.04. The number of hydrogen-bond acceptors (Lipinski definition) is 4. The average molecular weight is 338 g/mol. The van der Waals surface area contributed by atoms with Crippen molar-refractivity contribution in [3.63, 3.8) is 0 Å². The number of anilines is 2. The van der Waals surface area contributed by atoms with Crippen LogP contribution in [0.2, 0.25) is 0 Å². The molecule has 1 aromatic heterocycles. The van der Waals surface area contributed by atoms with Crippen molar-refractivity contribution >= 4 is 17.4 Å². The van der Waals surface area contributed by atoms with E-state index >= 15 is 0 Å². The first-order chi connectivity index (χ1) is 12.1. The van der Waals surface area contributed by atoms with Gasteiger partial charge in [-0.15, -0.1) is 0 Å². The summed E-state index contributed by atoms with van der Waals surface area (Å²) < 4.78 is 0. The lowest BCUT2D eigenvalue weighted by molar-refractivity contribution is 0.0922. The molecule has 0 saturated carbocycles. The van der Waals surface area contributed by atoms with Crippen molar-refractivity contribution in [3.8, 4) is 0 Å². The number of carbonyl (C=O) groups excluding carboxylic acids is 1. The number of pyridine rings is 1. The highest BCUT2D eigenvalue weighted by Gasteiger charge is 2.27. The predicted molar refractivity (Wildman–Crippen MR) is 101 cm³/mol. The molecule has 0 bridgehead atoms. The lowest BCUT2D eigenvalue weighted by Crippen LogP contribution is -2.42. The summed E-state index contributed by atoms with van der Waals surface area (Å²) in [5, 5.41) is 6.43. The second-order valence-corrected chi connectivity index (χ2v) is 7.04. The molecule has 1 fully saturated rings. The van der Waals surface area contributed by atoms with Gasteiger partial charge in [-0.2, -0.15) is 0 Å². The Bertz CT molecular complexity index is 693.